The number of hydrogen-bond acceptors (Lipinski definition) is 6. The Labute approximate surface area is 169 Å². The van der Waals surface area contributed by atoms with E-state index in [0.717, 1.165) is 11.3 Å². The molecule has 8 nitrogen and oxygen atoms in total. The maximum atomic E-state index is 12.0. The molecule has 0 radical (unpaired) electrons. The van der Waals surface area contributed by atoms with Crippen LogP contribution in [0.4, 0.5) is 0 Å². The minimum absolute atomic E-state index is 0.190. The lowest BCUT2D eigenvalue weighted by Gasteiger charge is -2.11. The third-order valence-electron chi connectivity index (χ3n) is 3.62. The van der Waals surface area contributed by atoms with Gasteiger partial charge >= 0.3 is 5.97 Å². The van der Waals surface area contributed by atoms with Crippen molar-refractivity contribution >= 4 is 18.1 Å². The summed E-state index contributed by atoms with van der Waals surface area (Å²) < 4.78 is 16.0. The Kier molecular flexibility index (Phi) is 8.50. The number of carboxylic acid groups (broad SMARTS) is 1. The molecule has 2 aromatic carbocycles. The summed E-state index contributed by atoms with van der Waals surface area (Å²) in [6.45, 7) is 4.24. The van der Waals surface area contributed by atoms with E-state index in [9.17, 15) is 9.59 Å². The second kappa shape index (κ2) is 11.3. The van der Waals surface area contributed by atoms with Crippen LogP contribution in [0.1, 0.15) is 25.0 Å². The van der Waals surface area contributed by atoms with Crippen molar-refractivity contribution in [3.8, 4) is 17.2 Å². The average Bonchev–Trinajstić information content (AvgIpc) is 2.69. The minimum atomic E-state index is -1.08. The largest absolute Gasteiger partial charge is 0.494 e. The Morgan fingerprint density at radius 1 is 1.00 bits per heavy atom. The number of benzene rings is 2. The van der Waals surface area contributed by atoms with E-state index in [1.807, 2.05) is 38.1 Å². The van der Waals surface area contributed by atoms with E-state index in [1.165, 1.54) is 6.21 Å². The monoisotopic (exact) mass is 400 g/mol. The van der Waals surface area contributed by atoms with Crippen LogP contribution in [0.25, 0.3) is 0 Å². The average molecular weight is 400 g/mol. The van der Waals surface area contributed by atoms with Gasteiger partial charge in [0.2, 0.25) is 5.91 Å². The minimum Gasteiger partial charge on any atom is -0.494 e. The summed E-state index contributed by atoms with van der Waals surface area (Å²) in [4.78, 5) is 22.7. The number of amides is 1. The first-order valence-corrected chi connectivity index (χ1v) is 9.17. The number of carboxylic acids is 1. The van der Waals surface area contributed by atoms with E-state index in [2.05, 4.69) is 10.5 Å². The predicted molar refractivity (Wildman–Crippen MR) is 108 cm³/mol. The lowest BCUT2D eigenvalue weighted by Crippen LogP contribution is -2.19. The van der Waals surface area contributed by atoms with Crippen molar-refractivity contribution in [3.05, 3.63) is 53.6 Å². The normalized spacial score (nSPS) is 10.6. The van der Waals surface area contributed by atoms with Gasteiger partial charge in [0.05, 0.1) is 25.8 Å². The molecule has 154 valence electrons. The zero-order valence-corrected chi connectivity index (χ0v) is 16.4. The lowest BCUT2D eigenvalue weighted by atomic mass is 10.1. The van der Waals surface area contributed by atoms with Crippen LogP contribution in [-0.2, 0) is 16.0 Å². The molecule has 0 aromatic heterocycles. The molecule has 0 aliphatic carbocycles. The molecule has 0 aliphatic rings. The zero-order valence-electron chi connectivity index (χ0n) is 16.4. The molecule has 29 heavy (non-hydrogen) atoms. The van der Waals surface area contributed by atoms with Gasteiger partial charge in [0.25, 0.3) is 0 Å². The number of rotatable bonds is 11. The van der Waals surface area contributed by atoms with Gasteiger partial charge in [0, 0.05) is 0 Å². The van der Waals surface area contributed by atoms with E-state index in [1.54, 1.807) is 18.2 Å². The fourth-order valence-electron chi connectivity index (χ4n) is 2.41. The molecule has 0 saturated carbocycles. The number of nitrogens with zero attached hydrogens (tertiary/aromatic N) is 1. The molecule has 0 spiro atoms. The number of nitrogens with one attached hydrogen (secondary N) is 1. The van der Waals surface area contributed by atoms with Crippen LogP contribution in [0.5, 0.6) is 17.2 Å². The second-order valence-corrected chi connectivity index (χ2v) is 5.87. The van der Waals surface area contributed by atoms with Gasteiger partial charge in [-0.3, -0.25) is 4.79 Å². The fourth-order valence-corrected chi connectivity index (χ4v) is 2.41. The predicted octanol–water partition coefficient (Wildman–Crippen LogP) is 2.64. The summed E-state index contributed by atoms with van der Waals surface area (Å²) in [7, 11) is 0. The van der Waals surface area contributed by atoms with Gasteiger partial charge in [-0.05, 0) is 55.3 Å². The second-order valence-electron chi connectivity index (χ2n) is 5.87. The molecule has 2 N–H and O–H groups in total. The summed E-state index contributed by atoms with van der Waals surface area (Å²) in [5, 5.41) is 12.7. The molecule has 2 aromatic rings. The highest BCUT2D eigenvalue weighted by molar-refractivity contribution is 5.84. The van der Waals surface area contributed by atoms with Gasteiger partial charge in [-0.1, -0.05) is 12.1 Å². The quantitative estimate of drug-likeness (QED) is 0.444. The summed E-state index contributed by atoms with van der Waals surface area (Å²) >= 11 is 0. The summed E-state index contributed by atoms with van der Waals surface area (Å²) in [5.41, 5.74) is 3.99. The Bertz CT molecular complexity index is 849. The highest BCUT2D eigenvalue weighted by atomic mass is 16.5. The van der Waals surface area contributed by atoms with Crippen molar-refractivity contribution < 1.29 is 28.9 Å². The smallest absolute Gasteiger partial charge is 0.341 e. The highest BCUT2D eigenvalue weighted by Gasteiger charge is 2.08. The SMILES string of the molecule is CCOc1ccc(CC(=O)N/N=C\c2ccc(OCC(=O)O)c(OCC)c2)cc1. The molecular weight excluding hydrogens is 376 g/mol. The summed E-state index contributed by atoms with van der Waals surface area (Å²) in [6, 6.07) is 12.2. The molecule has 2 rings (SSSR count). The Hall–Kier alpha value is -3.55. The summed E-state index contributed by atoms with van der Waals surface area (Å²) in [5.74, 6) is 0.157. The Balaban J connectivity index is 1.93. The maximum Gasteiger partial charge on any atom is 0.341 e. The fraction of sp³-hybridized carbons (Fsp3) is 0.286. The Morgan fingerprint density at radius 2 is 1.72 bits per heavy atom. The van der Waals surface area contributed by atoms with E-state index < -0.39 is 12.6 Å². The first kappa shape index (κ1) is 21.7. The molecule has 0 heterocycles. The van der Waals surface area contributed by atoms with Gasteiger partial charge in [-0.2, -0.15) is 5.10 Å². The number of carbonyl (C=O) groups is 2. The van der Waals surface area contributed by atoms with Crippen LogP contribution in [0.2, 0.25) is 0 Å². The third kappa shape index (κ3) is 7.53. The lowest BCUT2D eigenvalue weighted by molar-refractivity contribution is -0.139. The van der Waals surface area contributed by atoms with Crippen LogP contribution in [-0.4, -0.2) is 43.0 Å². The standard InChI is InChI=1S/C21H24N2O6/c1-3-27-17-8-5-15(6-9-17)12-20(24)23-22-13-16-7-10-18(29-14-21(25)26)19(11-16)28-4-2/h5-11,13H,3-4,12,14H2,1-2H3,(H,23,24)(H,25,26)/b22-13-. The number of ether oxygens (including phenoxy) is 3. The van der Waals surface area contributed by atoms with E-state index in [4.69, 9.17) is 19.3 Å². The van der Waals surface area contributed by atoms with E-state index in [0.29, 0.717) is 30.3 Å². The number of hydrazone groups is 1. The molecule has 0 fully saturated rings. The van der Waals surface area contributed by atoms with Crippen molar-refractivity contribution in [2.75, 3.05) is 19.8 Å². The zero-order chi connectivity index (χ0) is 21.1. The third-order valence-corrected chi connectivity index (χ3v) is 3.62. The number of hydrogen-bond donors (Lipinski definition) is 2. The Morgan fingerprint density at radius 3 is 2.38 bits per heavy atom. The van der Waals surface area contributed by atoms with Crippen LogP contribution < -0.4 is 19.6 Å². The van der Waals surface area contributed by atoms with Gasteiger partial charge in [-0.25, -0.2) is 10.2 Å². The van der Waals surface area contributed by atoms with Crippen LogP contribution >= 0.6 is 0 Å². The van der Waals surface area contributed by atoms with Crippen molar-refractivity contribution in [1.29, 1.82) is 0 Å². The number of carbonyl (C=O) groups excluding carboxylic acids is 1. The van der Waals surface area contributed by atoms with Gasteiger partial charge in [0.1, 0.15) is 5.75 Å². The molecule has 0 saturated heterocycles. The van der Waals surface area contributed by atoms with Crippen LogP contribution in [0.3, 0.4) is 0 Å². The topological polar surface area (TPSA) is 106 Å². The van der Waals surface area contributed by atoms with Gasteiger partial charge < -0.3 is 19.3 Å². The first-order valence-electron chi connectivity index (χ1n) is 9.17. The van der Waals surface area contributed by atoms with E-state index >= 15 is 0 Å². The molecular formula is C21H24N2O6. The molecule has 1 amide bonds. The molecule has 0 bridgehead atoms. The van der Waals surface area contributed by atoms with Crippen LogP contribution in [0.15, 0.2) is 47.6 Å². The number of aliphatic carboxylic acids is 1. The molecule has 0 aliphatic heterocycles. The van der Waals surface area contributed by atoms with Crippen molar-refractivity contribution in [3.63, 3.8) is 0 Å². The van der Waals surface area contributed by atoms with Gasteiger partial charge in [-0.15, -0.1) is 0 Å². The van der Waals surface area contributed by atoms with Gasteiger partial charge in [0.15, 0.2) is 18.1 Å². The van der Waals surface area contributed by atoms with Crippen molar-refractivity contribution in [2.24, 2.45) is 5.10 Å². The summed E-state index contributed by atoms with van der Waals surface area (Å²) in [6.07, 6.45) is 1.66. The van der Waals surface area contributed by atoms with E-state index in [-0.39, 0.29) is 12.3 Å². The molecule has 0 atom stereocenters. The molecule has 8 heteroatoms. The van der Waals surface area contributed by atoms with Crippen molar-refractivity contribution in [1.82, 2.24) is 5.43 Å². The maximum absolute atomic E-state index is 12.0. The highest BCUT2D eigenvalue weighted by Crippen LogP contribution is 2.28. The van der Waals surface area contributed by atoms with Crippen LogP contribution in [0, 0.1) is 0 Å². The van der Waals surface area contributed by atoms with Crippen molar-refractivity contribution in [2.45, 2.75) is 20.3 Å². The first-order chi connectivity index (χ1) is 14.0. The molecule has 0 unspecified atom stereocenters.